The van der Waals surface area contributed by atoms with Crippen molar-refractivity contribution in [3.8, 4) is 34.0 Å². The van der Waals surface area contributed by atoms with Crippen molar-refractivity contribution in [2.24, 2.45) is 11.3 Å². The van der Waals surface area contributed by atoms with Crippen LogP contribution in [0.25, 0.3) is 57.9 Å². The molecule has 1 aromatic heterocycles. The maximum atomic E-state index is 13.5. The molecule has 82 heavy (non-hydrogen) atoms. The van der Waals surface area contributed by atoms with E-state index in [9.17, 15) is 4.79 Å². The average Bonchev–Trinajstić information content (AvgIpc) is 3.11. The van der Waals surface area contributed by atoms with E-state index >= 15 is 0 Å². The number of carbonyl (C=O) groups excluding carboxylic acids is 1. The number of fused-ring (bicyclic) bond motifs is 5. The number of carbonyl (C=O) groups is 1. The molecule has 3 atom stereocenters. The standard InChI is InChI=1S/C74H66N4O4/c1-73-49-12-50-74(2,72(79)82-5)68(73)48-45-65-66(73)46-47-67-71(65)76-70(56-31-39-62(40-32-56)78(58-15-10-7-11-16-58)60-35-23-52(24-36-60)18-20-54-27-43-64(81-4)44-28-54)69(75-67)55-29-37-61(38-30-55)77(57-13-8-6-9-14-57)59-33-21-51(22-34-59)17-19-53-25-41-63(80-3)42-26-53/h6-11,13-44,46-47,68H,12,45,48-50H2,1-5H3/b19-17+,20-18+/t68-,73+,74+/m0/s1. The van der Waals surface area contributed by atoms with Crippen LogP contribution in [0, 0.1) is 11.3 Å². The van der Waals surface area contributed by atoms with Gasteiger partial charge in [-0.1, -0.05) is 153 Å². The monoisotopic (exact) mass is 1070 g/mol. The summed E-state index contributed by atoms with van der Waals surface area (Å²) in [5, 5.41) is 0. The normalized spacial score (nSPS) is 17.5. The number of benzene rings is 9. The highest BCUT2D eigenvalue weighted by Crippen LogP contribution is 2.58. The van der Waals surface area contributed by atoms with Crippen molar-refractivity contribution in [3.05, 3.63) is 252 Å². The third kappa shape index (κ3) is 10.4. The van der Waals surface area contributed by atoms with Gasteiger partial charge in [0.2, 0.25) is 0 Å². The van der Waals surface area contributed by atoms with Crippen LogP contribution in [0.1, 0.15) is 72.9 Å². The lowest BCUT2D eigenvalue weighted by Crippen LogP contribution is -2.52. The van der Waals surface area contributed by atoms with Gasteiger partial charge in [-0.15, -0.1) is 0 Å². The lowest BCUT2D eigenvalue weighted by Gasteiger charge is -2.54. The molecule has 12 rings (SSSR count). The smallest absolute Gasteiger partial charge is 0.311 e. The Labute approximate surface area is 481 Å². The number of para-hydroxylation sites is 2. The van der Waals surface area contributed by atoms with Gasteiger partial charge in [-0.2, -0.15) is 0 Å². The predicted octanol–water partition coefficient (Wildman–Crippen LogP) is 18.4. The maximum absolute atomic E-state index is 13.5. The van der Waals surface area contributed by atoms with Crippen LogP contribution in [-0.4, -0.2) is 37.3 Å². The van der Waals surface area contributed by atoms with Crippen molar-refractivity contribution in [2.75, 3.05) is 31.1 Å². The minimum Gasteiger partial charge on any atom is -0.497 e. The topological polar surface area (TPSA) is 77.0 Å². The summed E-state index contributed by atoms with van der Waals surface area (Å²) in [4.78, 5) is 29.5. The van der Waals surface area contributed by atoms with E-state index in [4.69, 9.17) is 24.2 Å². The fourth-order valence-corrected chi connectivity index (χ4v) is 12.8. The fourth-order valence-electron chi connectivity index (χ4n) is 12.8. The zero-order valence-corrected chi connectivity index (χ0v) is 47.1. The van der Waals surface area contributed by atoms with Crippen molar-refractivity contribution in [1.29, 1.82) is 0 Å². The molecule has 0 unspecified atom stereocenters. The van der Waals surface area contributed by atoms with Crippen LogP contribution in [0.2, 0.25) is 0 Å². The summed E-state index contributed by atoms with van der Waals surface area (Å²) in [6.07, 6.45) is 13.0. The molecule has 1 saturated carbocycles. The molecule has 8 heteroatoms. The Morgan fingerprint density at radius 3 is 1.30 bits per heavy atom. The maximum Gasteiger partial charge on any atom is 0.311 e. The van der Waals surface area contributed by atoms with Crippen molar-refractivity contribution in [1.82, 2.24) is 9.97 Å². The van der Waals surface area contributed by atoms with Crippen molar-refractivity contribution in [2.45, 2.75) is 51.4 Å². The van der Waals surface area contributed by atoms with Crippen LogP contribution in [-0.2, 0) is 21.4 Å². The first kappa shape index (κ1) is 53.1. The van der Waals surface area contributed by atoms with Gasteiger partial charge in [-0.25, -0.2) is 9.97 Å². The molecule has 2 aliphatic rings. The minimum atomic E-state index is -0.553. The molecule has 0 amide bonds. The number of nitrogens with zero attached hydrogens (tertiary/aromatic N) is 4. The highest BCUT2D eigenvalue weighted by molar-refractivity contribution is 5.91. The predicted molar refractivity (Wildman–Crippen MR) is 337 cm³/mol. The van der Waals surface area contributed by atoms with Gasteiger partial charge in [0.05, 0.1) is 49.2 Å². The second-order valence-electron chi connectivity index (χ2n) is 22.0. The Balaban J connectivity index is 0.923. The molecular formula is C74H66N4O4. The Kier molecular flexibility index (Phi) is 14.8. The Bertz CT molecular complexity index is 3920. The fraction of sp³-hybridized carbons (Fsp3) is 0.176. The minimum absolute atomic E-state index is 0.103. The Morgan fingerprint density at radius 1 is 0.476 bits per heavy atom. The van der Waals surface area contributed by atoms with Gasteiger partial charge in [0.25, 0.3) is 0 Å². The number of rotatable bonds is 15. The van der Waals surface area contributed by atoms with Crippen LogP contribution >= 0.6 is 0 Å². The first-order valence-electron chi connectivity index (χ1n) is 28.3. The van der Waals surface area contributed by atoms with Crippen LogP contribution in [0.5, 0.6) is 11.5 Å². The summed E-state index contributed by atoms with van der Waals surface area (Å²) < 4.78 is 16.2. The molecule has 406 valence electrons. The van der Waals surface area contributed by atoms with E-state index in [2.05, 4.69) is 242 Å². The van der Waals surface area contributed by atoms with Crippen LogP contribution in [0.3, 0.4) is 0 Å². The third-order valence-corrected chi connectivity index (χ3v) is 17.1. The molecule has 0 radical (unpaired) electrons. The number of ether oxygens (including phenoxy) is 3. The molecule has 0 aliphatic heterocycles. The molecule has 2 aliphatic carbocycles. The molecule has 0 spiro atoms. The molecule has 0 saturated heterocycles. The van der Waals surface area contributed by atoms with E-state index in [1.54, 1.807) is 14.2 Å². The van der Waals surface area contributed by atoms with Crippen LogP contribution < -0.4 is 19.3 Å². The van der Waals surface area contributed by atoms with Gasteiger partial charge in [0.15, 0.2) is 0 Å². The number of hydrogen-bond acceptors (Lipinski definition) is 8. The highest BCUT2D eigenvalue weighted by atomic mass is 16.5. The number of esters is 1. The van der Waals surface area contributed by atoms with Gasteiger partial charge < -0.3 is 24.0 Å². The molecule has 9 aromatic carbocycles. The van der Waals surface area contributed by atoms with Crippen LogP contribution in [0.4, 0.5) is 34.1 Å². The van der Waals surface area contributed by atoms with E-state index in [1.807, 2.05) is 24.3 Å². The zero-order chi connectivity index (χ0) is 56.2. The molecule has 1 fully saturated rings. The van der Waals surface area contributed by atoms with Gasteiger partial charge in [0.1, 0.15) is 11.5 Å². The zero-order valence-electron chi connectivity index (χ0n) is 47.1. The number of methoxy groups -OCH3 is 3. The summed E-state index contributed by atoms with van der Waals surface area (Å²) >= 11 is 0. The molecule has 10 aromatic rings. The second kappa shape index (κ2) is 22.9. The Morgan fingerprint density at radius 2 is 0.878 bits per heavy atom. The first-order valence-corrected chi connectivity index (χ1v) is 28.3. The molecule has 1 heterocycles. The lowest BCUT2D eigenvalue weighted by atomic mass is 9.49. The van der Waals surface area contributed by atoms with Gasteiger partial charge in [0, 0.05) is 45.3 Å². The van der Waals surface area contributed by atoms with Gasteiger partial charge in [-0.3, -0.25) is 4.79 Å². The summed E-state index contributed by atoms with van der Waals surface area (Å²) in [5.74, 6) is 1.72. The summed E-state index contributed by atoms with van der Waals surface area (Å²) in [6, 6.07) is 76.4. The van der Waals surface area contributed by atoms with Crippen molar-refractivity contribution >= 4 is 75.4 Å². The van der Waals surface area contributed by atoms with E-state index in [1.165, 1.54) is 18.2 Å². The molecular weight excluding hydrogens is 1010 g/mol. The number of hydrogen-bond donors (Lipinski definition) is 0. The van der Waals surface area contributed by atoms with E-state index in [-0.39, 0.29) is 17.3 Å². The number of anilines is 6. The first-order chi connectivity index (χ1) is 40.1. The summed E-state index contributed by atoms with van der Waals surface area (Å²) in [7, 11) is 4.90. The summed E-state index contributed by atoms with van der Waals surface area (Å²) in [6.45, 7) is 4.49. The lowest BCUT2D eigenvalue weighted by molar-refractivity contribution is -0.161. The van der Waals surface area contributed by atoms with Gasteiger partial charge in [-0.05, 0) is 180 Å². The van der Waals surface area contributed by atoms with E-state index < -0.39 is 5.41 Å². The second-order valence-corrected chi connectivity index (χ2v) is 22.0. The SMILES string of the molecule is COC(=O)[C@]1(C)CCC[C@]2(C)c3ccc4nc(-c5ccc(N(c6ccccc6)c6ccc(/C=C/c7ccc(OC)cc7)cc6)cc5)c(-c5ccc(N(c6ccccc6)c6ccc(/C=C/c7ccc(OC)cc7)cc6)cc5)nc4c3CC[C@H]12. The van der Waals surface area contributed by atoms with Crippen molar-refractivity contribution in [3.63, 3.8) is 0 Å². The van der Waals surface area contributed by atoms with Gasteiger partial charge >= 0.3 is 5.97 Å². The quantitative estimate of drug-likeness (QED) is 0.0742. The molecule has 0 bridgehead atoms. The molecule has 8 nitrogen and oxygen atoms in total. The summed E-state index contributed by atoms with van der Waals surface area (Å²) in [5.41, 5.74) is 17.7. The average molecular weight is 1080 g/mol. The van der Waals surface area contributed by atoms with E-state index in [0.29, 0.717) is 0 Å². The molecule has 0 N–H and O–H groups in total. The number of aromatic nitrogens is 2. The largest absolute Gasteiger partial charge is 0.497 e. The highest BCUT2D eigenvalue weighted by Gasteiger charge is 2.56. The third-order valence-electron chi connectivity index (χ3n) is 17.1. The Hall–Kier alpha value is -9.53. The van der Waals surface area contributed by atoms with Crippen molar-refractivity contribution < 1.29 is 19.0 Å². The number of aryl methyl sites for hydroxylation is 1. The van der Waals surface area contributed by atoms with Crippen LogP contribution in [0.15, 0.2) is 218 Å². The van der Waals surface area contributed by atoms with E-state index in [0.717, 1.165) is 134 Å².